The molecule has 1 aromatic carbocycles. The molecule has 0 fully saturated rings. The molecule has 3 heterocycles. The number of hydrogen-bond donors (Lipinski definition) is 0. The zero-order chi connectivity index (χ0) is 29.7. The zero-order valence-corrected chi connectivity index (χ0v) is 31.5. The van der Waals surface area contributed by atoms with Crippen LogP contribution in [0, 0.1) is 5.92 Å². The van der Waals surface area contributed by atoms with Gasteiger partial charge >= 0.3 is 0 Å². The number of hydrogen-bond acceptors (Lipinski definition) is 5. The van der Waals surface area contributed by atoms with E-state index in [2.05, 4.69) is 70.0 Å². The molecule has 0 aliphatic rings. The van der Waals surface area contributed by atoms with Gasteiger partial charge in [-0.1, -0.05) is 128 Å². The maximum absolute atomic E-state index is 7.00. The van der Waals surface area contributed by atoms with Gasteiger partial charge < -0.3 is 0 Å². The average Bonchev–Trinajstić information content (AvgIpc) is 3.72. The van der Waals surface area contributed by atoms with E-state index in [1.165, 1.54) is 129 Å². The van der Waals surface area contributed by atoms with Gasteiger partial charge in [-0.25, -0.2) is 0 Å². The fourth-order valence-corrected chi connectivity index (χ4v) is 10.0. The lowest BCUT2D eigenvalue weighted by molar-refractivity contribution is 0.400. The van der Waals surface area contributed by atoms with E-state index in [9.17, 15) is 0 Å². The maximum Gasteiger partial charge on any atom is 0.115 e. The van der Waals surface area contributed by atoms with Crippen LogP contribution in [0.15, 0.2) is 31.8 Å². The van der Waals surface area contributed by atoms with Crippen LogP contribution in [-0.4, -0.2) is 8.75 Å². The Morgan fingerprint density at radius 1 is 0.714 bits per heavy atom. The monoisotopic (exact) mass is 770 g/mol. The molecule has 230 valence electrons. The van der Waals surface area contributed by atoms with E-state index in [-0.39, 0.29) is 0 Å². The smallest absolute Gasteiger partial charge is 0.115 e. The van der Waals surface area contributed by atoms with Gasteiger partial charge in [-0.2, -0.15) is 8.75 Å². The van der Waals surface area contributed by atoms with Gasteiger partial charge in [0.25, 0.3) is 0 Å². The summed E-state index contributed by atoms with van der Waals surface area (Å²) < 4.78 is 11.8. The summed E-state index contributed by atoms with van der Waals surface area (Å²) in [6, 6.07) is 8.65. The molecule has 1 atom stereocenters. The third-order valence-electron chi connectivity index (χ3n) is 8.27. The molecule has 0 saturated heterocycles. The number of rotatable bonds is 20. The Balaban J connectivity index is 1.45. The zero-order valence-electron chi connectivity index (χ0n) is 25.2. The summed E-state index contributed by atoms with van der Waals surface area (Å²) in [6.07, 6.45) is 23.1. The number of fused-ring (bicyclic) bond motifs is 1. The average molecular weight is 773 g/mol. The fourth-order valence-electron chi connectivity index (χ4n) is 5.90. The fraction of sp³-hybridized carbons (Fsp3) is 0.588. The van der Waals surface area contributed by atoms with Crippen molar-refractivity contribution >= 4 is 88.9 Å². The number of benzene rings is 1. The summed E-state index contributed by atoms with van der Waals surface area (Å²) in [4.78, 5) is 2.34. The Labute approximate surface area is 287 Å². The van der Waals surface area contributed by atoms with Crippen molar-refractivity contribution in [2.75, 3.05) is 0 Å². The largest absolute Gasteiger partial charge is 0.172 e. The third-order valence-corrected chi connectivity index (χ3v) is 12.7. The molecule has 0 bridgehead atoms. The predicted octanol–water partition coefficient (Wildman–Crippen LogP) is 14.8. The first kappa shape index (κ1) is 34.6. The molecule has 0 radical (unpaired) electrons. The second-order valence-corrected chi connectivity index (χ2v) is 17.4. The summed E-state index contributed by atoms with van der Waals surface area (Å²) in [6.45, 7) is 4.60. The standard InChI is InChI=1S/C34H45Br2ClN2S3/c1-3-5-7-9-11-12-14-16-18-24(17-15-13-10-8-6-4-2)21-25-22-29(41-34(25)36)31-27(37)23-26(28-19-20-30(35)40-28)32-33(31)39-42-38-32/h19-20,22-24H,3-18,21H2,1-2H3. The molecule has 42 heavy (non-hydrogen) atoms. The number of thiophene rings is 2. The molecule has 0 aliphatic carbocycles. The van der Waals surface area contributed by atoms with Crippen LogP contribution >= 0.6 is 77.9 Å². The van der Waals surface area contributed by atoms with E-state index >= 15 is 0 Å². The normalized spacial score (nSPS) is 12.5. The molecular weight excluding hydrogens is 728 g/mol. The highest BCUT2D eigenvalue weighted by molar-refractivity contribution is 9.11. The molecule has 1 unspecified atom stereocenters. The van der Waals surface area contributed by atoms with Crippen molar-refractivity contribution in [2.24, 2.45) is 5.92 Å². The summed E-state index contributed by atoms with van der Waals surface area (Å²) in [5.74, 6) is 0.742. The number of halogens is 3. The summed E-state index contributed by atoms with van der Waals surface area (Å²) in [5, 5.41) is 0.748. The Hall–Kier alpha value is -0.310. The Kier molecular flexibility index (Phi) is 15.3. The number of nitrogens with zero attached hydrogens (tertiary/aromatic N) is 2. The van der Waals surface area contributed by atoms with E-state index in [0.29, 0.717) is 0 Å². The van der Waals surface area contributed by atoms with Crippen LogP contribution in [0.1, 0.15) is 122 Å². The third kappa shape index (κ3) is 10.1. The molecule has 4 aromatic rings. The number of unbranched alkanes of at least 4 members (excludes halogenated alkanes) is 12. The van der Waals surface area contributed by atoms with Crippen molar-refractivity contribution < 1.29 is 0 Å². The number of aromatic nitrogens is 2. The minimum absolute atomic E-state index is 0.742. The van der Waals surface area contributed by atoms with Gasteiger partial charge in [0.15, 0.2) is 0 Å². The van der Waals surface area contributed by atoms with Gasteiger partial charge in [-0.3, -0.25) is 0 Å². The molecule has 0 spiro atoms. The van der Waals surface area contributed by atoms with Gasteiger partial charge in [0.05, 0.1) is 24.3 Å². The van der Waals surface area contributed by atoms with Crippen LogP contribution in [0.2, 0.25) is 5.02 Å². The van der Waals surface area contributed by atoms with Gasteiger partial charge in [0.2, 0.25) is 0 Å². The second-order valence-electron chi connectivity index (χ2n) is 11.6. The van der Waals surface area contributed by atoms with Gasteiger partial charge in [0.1, 0.15) is 11.0 Å². The highest BCUT2D eigenvalue weighted by Crippen LogP contribution is 2.46. The van der Waals surface area contributed by atoms with Gasteiger partial charge in [-0.05, 0) is 74.0 Å². The van der Waals surface area contributed by atoms with E-state index in [4.69, 9.17) is 20.3 Å². The van der Waals surface area contributed by atoms with Crippen LogP contribution in [0.25, 0.3) is 31.9 Å². The quantitative estimate of drug-likeness (QED) is 0.0836. The Morgan fingerprint density at radius 3 is 1.90 bits per heavy atom. The topological polar surface area (TPSA) is 25.8 Å². The van der Waals surface area contributed by atoms with Crippen molar-refractivity contribution in [1.82, 2.24) is 8.75 Å². The summed E-state index contributed by atoms with van der Waals surface area (Å²) in [7, 11) is 0. The van der Waals surface area contributed by atoms with Crippen molar-refractivity contribution in [1.29, 1.82) is 0 Å². The molecule has 4 rings (SSSR count). The molecule has 2 nitrogen and oxygen atoms in total. The van der Waals surface area contributed by atoms with E-state index < -0.39 is 0 Å². The minimum Gasteiger partial charge on any atom is -0.172 e. The van der Waals surface area contributed by atoms with Crippen molar-refractivity contribution in [2.45, 2.75) is 123 Å². The second kappa shape index (κ2) is 18.6. The lowest BCUT2D eigenvalue weighted by Gasteiger charge is -2.17. The highest BCUT2D eigenvalue weighted by atomic mass is 79.9. The van der Waals surface area contributed by atoms with Gasteiger partial charge in [-0.15, -0.1) is 22.7 Å². The minimum atomic E-state index is 0.742. The molecular formula is C34H45Br2ClN2S3. The molecule has 0 aliphatic heterocycles. The van der Waals surface area contributed by atoms with E-state index in [1.54, 1.807) is 22.7 Å². The maximum atomic E-state index is 7.00. The molecule has 0 saturated carbocycles. The molecule has 3 aromatic heterocycles. The first-order chi connectivity index (χ1) is 20.5. The Morgan fingerprint density at radius 2 is 1.31 bits per heavy atom. The van der Waals surface area contributed by atoms with Gasteiger partial charge in [0, 0.05) is 20.9 Å². The molecule has 8 heteroatoms. The van der Waals surface area contributed by atoms with Crippen molar-refractivity contribution in [3.8, 4) is 20.9 Å². The molecule has 0 amide bonds. The first-order valence-corrected chi connectivity index (χ1v) is 20.3. The van der Waals surface area contributed by atoms with Crippen molar-refractivity contribution in [3.63, 3.8) is 0 Å². The Bertz CT molecular complexity index is 1360. The lowest BCUT2D eigenvalue weighted by atomic mass is 9.89. The van der Waals surface area contributed by atoms with E-state index in [1.807, 2.05) is 0 Å². The van der Waals surface area contributed by atoms with E-state index in [0.717, 1.165) is 48.2 Å². The van der Waals surface area contributed by atoms with Crippen molar-refractivity contribution in [3.05, 3.63) is 42.4 Å². The van der Waals surface area contributed by atoms with Crippen LogP contribution < -0.4 is 0 Å². The van der Waals surface area contributed by atoms with Crippen LogP contribution in [0.5, 0.6) is 0 Å². The summed E-state index contributed by atoms with van der Waals surface area (Å²) >= 11 is 19.3. The molecule has 0 N–H and O–H groups in total. The van der Waals surface area contributed by atoms with Crippen LogP contribution in [0.4, 0.5) is 0 Å². The van der Waals surface area contributed by atoms with Crippen LogP contribution in [0.3, 0.4) is 0 Å². The predicted molar refractivity (Wildman–Crippen MR) is 197 cm³/mol. The van der Waals surface area contributed by atoms with Crippen LogP contribution in [-0.2, 0) is 6.42 Å². The lowest BCUT2D eigenvalue weighted by Crippen LogP contribution is -2.05. The highest BCUT2D eigenvalue weighted by Gasteiger charge is 2.22. The first-order valence-electron chi connectivity index (χ1n) is 16.0. The summed E-state index contributed by atoms with van der Waals surface area (Å²) in [5.41, 5.74) is 5.35. The SMILES string of the molecule is CCCCCCCCCCC(CCCCCCCC)Cc1cc(-c2c(Cl)cc(-c3ccc(Br)s3)c3nsnc23)sc1Br.